The summed E-state index contributed by atoms with van der Waals surface area (Å²) in [5, 5.41) is 3.57. The van der Waals surface area contributed by atoms with Gasteiger partial charge in [-0.3, -0.25) is 9.59 Å². The van der Waals surface area contributed by atoms with Crippen LogP contribution in [0.5, 0.6) is 0 Å². The number of carbonyl (C=O) groups is 3. The van der Waals surface area contributed by atoms with E-state index in [1.165, 1.54) is 13.2 Å². The van der Waals surface area contributed by atoms with Crippen LogP contribution in [0.3, 0.4) is 0 Å². The van der Waals surface area contributed by atoms with Crippen molar-refractivity contribution in [3.05, 3.63) is 33.8 Å². The second-order valence-corrected chi connectivity index (χ2v) is 8.96. The van der Waals surface area contributed by atoms with Crippen LogP contribution in [-0.2, 0) is 19.1 Å². The second-order valence-electron chi connectivity index (χ2n) is 6.90. The summed E-state index contributed by atoms with van der Waals surface area (Å²) >= 11 is 14.2. The molecule has 1 heterocycles. The Morgan fingerprint density at radius 2 is 1.93 bits per heavy atom. The molecule has 30 heavy (non-hydrogen) atoms. The highest BCUT2D eigenvalue weighted by Gasteiger charge is 2.28. The van der Waals surface area contributed by atoms with Crippen molar-refractivity contribution in [2.45, 2.75) is 37.6 Å². The van der Waals surface area contributed by atoms with Crippen molar-refractivity contribution in [3.8, 4) is 0 Å². The fourth-order valence-electron chi connectivity index (χ4n) is 3.14. The molecule has 1 atom stereocenters. The minimum atomic E-state index is -0.691. The van der Waals surface area contributed by atoms with E-state index in [0.717, 1.165) is 10.6 Å². The number of likely N-dealkylation sites (tertiary alicyclic amines) is 1. The van der Waals surface area contributed by atoms with Crippen molar-refractivity contribution in [2.24, 2.45) is 5.92 Å². The Morgan fingerprint density at radius 1 is 1.27 bits per heavy atom. The Labute approximate surface area is 191 Å². The van der Waals surface area contributed by atoms with Gasteiger partial charge in [-0.15, -0.1) is 11.8 Å². The molecule has 1 aromatic carbocycles. The Morgan fingerprint density at radius 3 is 2.53 bits per heavy atom. The zero-order valence-corrected chi connectivity index (χ0v) is 19.6. The van der Waals surface area contributed by atoms with Crippen molar-refractivity contribution >= 4 is 58.8 Å². The van der Waals surface area contributed by atoms with Crippen molar-refractivity contribution in [1.29, 1.82) is 0 Å². The molecule has 9 heteroatoms. The van der Waals surface area contributed by atoms with E-state index in [9.17, 15) is 14.4 Å². The van der Waals surface area contributed by atoms with Gasteiger partial charge < -0.3 is 15.0 Å². The molecule has 1 N–H and O–H groups in total. The summed E-state index contributed by atoms with van der Waals surface area (Å²) in [5.41, 5.74) is 0.682. The number of nitrogens with zero attached hydrogens (tertiary/aromatic N) is 1. The summed E-state index contributed by atoms with van der Waals surface area (Å²) in [5.74, 6) is -0.166. The maximum atomic E-state index is 12.5. The van der Waals surface area contributed by atoms with Crippen LogP contribution in [0.1, 0.15) is 32.3 Å². The minimum absolute atomic E-state index is 0.143. The highest BCUT2D eigenvalue weighted by atomic mass is 35.5. The molecule has 0 saturated carbocycles. The zero-order valence-electron chi connectivity index (χ0n) is 17.2. The molecule has 2 amide bonds. The third-order valence-corrected chi connectivity index (χ3v) is 6.82. The second kappa shape index (κ2) is 11.6. The smallest absolute Gasteiger partial charge is 0.328 e. The third kappa shape index (κ3) is 6.40. The lowest BCUT2D eigenvalue weighted by molar-refractivity contribution is -0.145. The van der Waals surface area contributed by atoms with E-state index in [4.69, 9.17) is 23.2 Å². The number of benzene rings is 1. The van der Waals surface area contributed by atoms with Gasteiger partial charge in [0.25, 0.3) is 0 Å². The van der Waals surface area contributed by atoms with E-state index < -0.39 is 12.0 Å². The number of methoxy groups -OCH3 is 1. The molecule has 1 aliphatic rings. The van der Waals surface area contributed by atoms with E-state index in [1.807, 2.05) is 19.1 Å². The highest BCUT2D eigenvalue weighted by Crippen LogP contribution is 2.35. The summed E-state index contributed by atoms with van der Waals surface area (Å²) in [4.78, 5) is 38.9. The van der Waals surface area contributed by atoms with Crippen LogP contribution in [0.2, 0.25) is 10.0 Å². The van der Waals surface area contributed by atoms with Gasteiger partial charge in [-0.05, 0) is 43.2 Å². The van der Waals surface area contributed by atoms with Gasteiger partial charge in [0.05, 0.1) is 17.2 Å². The SMILES string of the molecule is CCSc1ccc(/C=C/C(=O)N2CCC(C(=O)NC(C)C(=O)OC)CC2)c(Cl)c1Cl. The quantitative estimate of drug-likeness (QED) is 0.368. The van der Waals surface area contributed by atoms with E-state index in [-0.39, 0.29) is 17.7 Å². The topological polar surface area (TPSA) is 75.7 Å². The lowest BCUT2D eigenvalue weighted by atomic mass is 9.95. The molecule has 1 fully saturated rings. The Kier molecular flexibility index (Phi) is 9.52. The van der Waals surface area contributed by atoms with Crippen LogP contribution in [0.15, 0.2) is 23.1 Å². The average Bonchev–Trinajstić information content (AvgIpc) is 2.75. The number of amides is 2. The van der Waals surface area contributed by atoms with E-state index in [2.05, 4.69) is 10.1 Å². The van der Waals surface area contributed by atoms with Gasteiger partial charge >= 0.3 is 5.97 Å². The molecular weight excluding hydrogens is 447 g/mol. The monoisotopic (exact) mass is 472 g/mol. The first-order chi connectivity index (χ1) is 14.3. The molecule has 0 aliphatic carbocycles. The first-order valence-electron chi connectivity index (χ1n) is 9.74. The van der Waals surface area contributed by atoms with Crippen molar-refractivity contribution in [1.82, 2.24) is 10.2 Å². The number of esters is 1. The molecule has 0 bridgehead atoms. The average molecular weight is 473 g/mol. The molecule has 6 nitrogen and oxygen atoms in total. The maximum absolute atomic E-state index is 12.5. The van der Waals surface area contributed by atoms with Crippen molar-refractivity contribution < 1.29 is 19.1 Å². The van der Waals surface area contributed by atoms with Gasteiger partial charge in [-0.25, -0.2) is 4.79 Å². The minimum Gasteiger partial charge on any atom is -0.467 e. The van der Waals surface area contributed by atoms with Crippen LogP contribution in [0, 0.1) is 5.92 Å². The number of carbonyl (C=O) groups excluding carboxylic acids is 3. The number of hydrogen-bond donors (Lipinski definition) is 1. The molecular formula is C21H26Cl2N2O4S. The largest absolute Gasteiger partial charge is 0.467 e. The molecule has 2 rings (SSSR count). The summed E-state index contributed by atoms with van der Waals surface area (Å²) in [7, 11) is 1.28. The lowest BCUT2D eigenvalue weighted by Crippen LogP contribution is -2.46. The molecule has 1 aliphatic heterocycles. The van der Waals surface area contributed by atoms with E-state index >= 15 is 0 Å². The summed E-state index contributed by atoms with van der Waals surface area (Å²) in [6, 6.07) is 3.05. The standard InChI is InChI=1S/C21H26Cl2N2O4S/c1-4-30-16-7-5-14(18(22)19(16)23)6-8-17(26)25-11-9-15(10-12-25)20(27)24-13(2)21(28)29-3/h5-8,13,15H,4,9-12H2,1-3H3,(H,24,27)/b8-6+. The number of ether oxygens (including phenoxy) is 1. The van der Waals surface area contributed by atoms with Crippen LogP contribution in [0.25, 0.3) is 6.08 Å². The van der Waals surface area contributed by atoms with Crippen molar-refractivity contribution in [3.63, 3.8) is 0 Å². The molecule has 1 saturated heterocycles. The molecule has 1 aromatic rings. The van der Waals surface area contributed by atoms with Gasteiger partial charge in [-0.2, -0.15) is 0 Å². The first kappa shape index (κ1) is 24.6. The fraction of sp³-hybridized carbons (Fsp3) is 0.476. The Hall–Kier alpha value is -1.70. The number of nitrogens with one attached hydrogen (secondary N) is 1. The van der Waals surface area contributed by atoms with Gasteiger partial charge in [0.2, 0.25) is 11.8 Å². The van der Waals surface area contributed by atoms with E-state index in [1.54, 1.807) is 29.7 Å². The maximum Gasteiger partial charge on any atom is 0.328 e. The van der Waals surface area contributed by atoms with Crippen LogP contribution >= 0.6 is 35.0 Å². The molecule has 0 spiro atoms. The number of piperidine rings is 1. The Bertz CT molecular complexity index is 823. The van der Waals surface area contributed by atoms with E-state index in [0.29, 0.717) is 41.5 Å². The summed E-state index contributed by atoms with van der Waals surface area (Å²) < 4.78 is 4.61. The zero-order chi connectivity index (χ0) is 22.3. The number of rotatable bonds is 7. The normalized spacial score (nSPS) is 15.8. The van der Waals surface area contributed by atoms with Crippen LogP contribution in [0.4, 0.5) is 0 Å². The fourth-order valence-corrected chi connectivity index (χ4v) is 4.46. The predicted molar refractivity (Wildman–Crippen MR) is 121 cm³/mol. The Balaban J connectivity index is 1.91. The third-order valence-electron chi connectivity index (χ3n) is 4.87. The molecule has 0 radical (unpaired) electrons. The van der Waals surface area contributed by atoms with Gasteiger partial charge in [-0.1, -0.05) is 36.2 Å². The molecule has 0 aromatic heterocycles. The van der Waals surface area contributed by atoms with Crippen LogP contribution in [-0.4, -0.2) is 54.7 Å². The summed E-state index contributed by atoms with van der Waals surface area (Å²) in [6.45, 7) is 4.55. The van der Waals surface area contributed by atoms with Crippen molar-refractivity contribution in [2.75, 3.05) is 26.0 Å². The molecule has 164 valence electrons. The first-order valence-corrected chi connectivity index (χ1v) is 11.5. The molecule has 1 unspecified atom stereocenters. The van der Waals surface area contributed by atoms with Gasteiger partial charge in [0.1, 0.15) is 6.04 Å². The van der Waals surface area contributed by atoms with Crippen LogP contribution < -0.4 is 5.32 Å². The lowest BCUT2D eigenvalue weighted by Gasteiger charge is -2.31. The summed E-state index contributed by atoms with van der Waals surface area (Å²) in [6.07, 6.45) is 4.21. The number of thioether (sulfide) groups is 1. The number of halogens is 2. The predicted octanol–water partition coefficient (Wildman–Crippen LogP) is 4.03. The van der Waals surface area contributed by atoms with Gasteiger partial charge in [0.15, 0.2) is 0 Å². The number of hydrogen-bond acceptors (Lipinski definition) is 5. The van der Waals surface area contributed by atoms with Gasteiger partial charge in [0, 0.05) is 30.0 Å². The highest BCUT2D eigenvalue weighted by molar-refractivity contribution is 7.99.